The zero-order valence-corrected chi connectivity index (χ0v) is 4.29. The van der Waals surface area contributed by atoms with Crippen molar-refractivity contribution in [2.75, 3.05) is 0 Å². The van der Waals surface area contributed by atoms with E-state index in [9.17, 15) is 0 Å². The number of hydrogen-bond donors (Lipinski definition) is 0. The fourth-order valence-corrected chi connectivity index (χ4v) is 0.797. The molecule has 1 aliphatic heterocycles. The largest absolute Gasteiger partial charge is 0.481 e. The minimum absolute atomic E-state index is 0.947. The van der Waals surface area contributed by atoms with Gasteiger partial charge in [0.1, 0.15) is 5.75 Å². The summed E-state index contributed by atoms with van der Waals surface area (Å²) in [6.45, 7) is 1.75. The van der Waals surface area contributed by atoms with Gasteiger partial charge in [-0.05, 0) is 12.1 Å². The maximum absolute atomic E-state index is 5.06. The summed E-state index contributed by atoms with van der Waals surface area (Å²) in [5.74, 6) is 0.947. The standard InChI is InChI=1S/C7H5O/c1-2-6-4-7(3-1)8-5-6/h1-5H. The topological polar surface area (TPSA) is 9.23 Å². The molecule has 0 saturated heterocycles. The molecule has 0 N–H and O–H groups in total. The fourth-order valence-electron chi connectivity index (χ4n) is 0.797. The van der Waals surface area contributed by atoms with E-state index in [4.69, 9.17) is 4.74 Å². The van der Waals surface area contributed by atoms with Gasteiger partial charge in [-0.3, -0.25) is 0 Å². The van der Waals surface area contributed by atoms with Gasteiger partial charge in [0, 0.05) is 5.56 Å². The SMILES string of the molecule is [CH]1Oc2cccc1c2. The summed E-state index contributed by atoms with van der Waals surface area (Å²) < 4.78 is 5.06. The third-order valence-corrected chi connectivity index (χ3v) is 1.19. The summed E-state index contributed by atoms with van der Waals surface area (Å²) in [5.41, 5.74) is 1.16. The van der Waals surface area contributed by atoms with Crippen LogP contribution >= 0.6 is 0 Å². The second kappa shape index (κ2) is 1.25. The Kier molecular flexibility index (Phi) is 0.618. The molecule has 0 unspecified atom stereocenters. The van der Waals surface area contributed by atoms with E-state index in [0.29, 0.717) is 0 Å². The molecule has 2 rings (SSSR count). The molecule has 39 valence electrons. The van der Waals surface area contributed by atoms with Gasteiger partial charge in [0.05, 0.1) is 0 Å². The van der Waals surface area contributed by atoms with Gasteiger partial charge in [-0.1, -0.05) is 12.1 Å². The van der Waals surface area contributed by atoms with E-state index in [2.05, 4.69) is 0 Å². The lowest BCUT2D eigenvalue weighted by Gasteiger charge is -1.86. The Morgan fingerprint density at radius 2 is 2.25 bits per heavy atom. The smallest absolute Gasteiger partial charge is 0.165 e. The molecule has 0 amide bonds. The Bertz CT molecular complexity index is 186. The van der Waals surface area contributed by atoms with Crippen LogP contribution < -0.4 is 4.74 Å². The van der Waals surface area contributed by atoms with E-state index in [1.54, 1.807) is 6.61 Å². The van der Waals surface area contributed by atoms with Crippen LogP contribution in [0.15, 0.2) is 24.3 Å². The highest BCUT2D eigenvalue weighted by atomic mass is 16.5. The van der Waals surface area contributed by atoms with Gasteiger partial charge in [0.25, 0.3) is 0 Å². The van der Waals surface area contributed by atoms with E-state index < -0.39 is 0 Å². The Morgan fingerprint density at radius 1 is 1.25 bits per heavy atom. The molecule has 0 aromatic heterocycles. The van der Waals surface area contributed by atoms with E-state index >= 15 is 0 Å². The van der Waals surface area contributed by atoms with Crippen LogP contribution in [0.2, 0.25) is 0 Å². The molecule has 1 heteroatoms. The molecule has 1 aromatic carbocycles. The summed E-state index contributed by atoms with van der Waals surface area (Å²) in [5, 5.41) is 0. The van der Waals surface area contributed by atoms with Gasteiger partial charge in [-0.25, -0.2) is 0 Å². The maximum atomic E-state index is 5.06. The molecule has 1 heterocycles. The second-order valence-corrected chi connectivity index (χ2v) is 1.81. The van der Waals surface area contributed by atoms with Crippen LogP contribution in [0.1, 0.15) is 5.56 Å². The van der Waals surface area contributed by atoms with Crippen molar-refractivity contribution in [3.05, 3.63) is 36.4 Å². The van der Waals surface area contributed by atoms with E-state index in [1.807, 2.05) is 24.3 Å². The molecule has 1 radical (unpaired) electrons. The van der Waals surface area contributed by atoms with E-state index in [0.717, 1.165) is 11.3 Å². The highest BCUT2D eigenvalue weighted by Gasteiger charge is 2.04. The summed E-state index contributed by atoms with van der Waals surface area (Å²) in [4.78, 5) is 0. The molecule has 0 spiro atoms. The van der Waals surface area contributed by atoms with Crippen molar-refractivity contribution in [3.8, 4) is 5.75 Å². The molecule has 2 bridgehead atoms. The van der Waals surface area contributed by atoms with Crippen molar-refractivity contribution >= 4 is 0 Å². The average molecular weight is 105 g/mol. The van der Waals surface area contributed by atoms with Gasteiger partial charge in [-0.2, -0.15) is 0 Å². The van der Waals surface area contributed by atoms with Gasteiger partial charge in [0.2, 0.25) is 0 Å². The summed E-state index contributed by atoms with van der Waals surface area (Å²) in [6, 6.07) is 7.93. The average Bonchev–Trinajstić information content (AvgIpc) is 2.12. The van der Waals surface area contributed by atoms with Gasteiger partial charge in [0.15, 0.2) is 6.61 Å². The molecule has 1 aromatic rings. The lowest BCUT2D eigenvalue weighted by atomic mass is 10.2. The van der Waals surface area contributed by atoms with Crippen molar-refractivity contribution in [1.82, 2.24) is 0 Å². The highest BCUT2D eigenvalue weighted by molar-refractivity contribution is 5.37. The summed E-state index contributed by atoms with van der Waals surface area (Å²) in [6.07, 6.45) is 0. The molecule has 1 nitrogen and oxygen atoms in total. The zero-order valence-electron chi connectivity index (χ0n) is 4.29. The quantitative estimate of drug-likeness (QED) is 0.486. The van der Waals surface area contributed by atoms with Gasteiger partial charge >= 0.3 is 0 Å². The number of benzene rings is 1. The lowest BCUT2D eigenvalue weighted by molar-refractivity contribution is 0.449. The van der Waals surface area contributed by atoms with Crippen LogP contribution in [0.25, 0.3) is 0 Å². The maximum Gasteiger partial charge on any atom is 0.165 e. The Balaban J connectivity index is 2.66. The van der Waals surface area contributed by atoms with E-state index in [-0.39, 0.29) is 0 Å². The molecule has 8 heavy (non-hydrogen) atoms. The van der Waals surface area contributed by atoms with Gasteiger partial charge < -0.3 is 4.74 Å². The molecule has 0 atom stereocenters. The van der Waals surface area contributed by atoms with Crippen LogP contribution in [0.3, 0.4) is 0 Å². The number of fused-ring (bicyclic) bond motifs is 2. The predicted molar refractivity (Wildman–Crippen MR) is 30.5 cm³/mol. The minimum Gasteiger partial charge on any atom is -0.481 e. The predicted octanol–water partition coefficient (Wildman–Crippen LogP) is 1.59. The van der Waals surface area contributed by atoms with Crippen LogP contribution in [0, 0.1) is 6.61 Å². The molecule has 0 fully saturated rings. The normalized spacial score (nSPS) is 13.5. The highest BCUT2D eigenvalue weighted by Crippen LogP contribution is 2.22. The van der Waals surface area contributed by atoms with Crippen molar-refractivity contribution in [2.45, 2.75) is 0 Å². The first-order chi connectivity index (χ1) is 3.95. The Hall–Kier alpha value is -0.980. The fraction of sp³-hybridized carbons (Fsp3) is 0. The first-order valence-corrected chi connectivity index (χ1v) is 2.55. The number of hydrogen-bond acceptors (Lipinski definition) is 1. The van der Waals surface area contributed by atoms with E-state index in [1.165, 1.54) is 0 Å². The van der Waals surface area contributed by atoms with Crippen molar-refractivity contribution < 1.29 is 4.74 Å². The van der Waals surface area contributed by atoms with Crippen LogP contribution in [0.4, 0.5) is 0 Å². The van der Waals surface area contributed by atoms with Crippen molar-refractivity contribution in [2.24, 2.45) is 0 Å². The molecule has 1 aliphatic rings. The van der Waals surface area contributed by atoms with Crippen molar-refractivity contribution in [3.63, 3.8) is 0 Å². The summed E-state index contributed by atoms with van der Waals surface area (Å²) >= 11 is 0. The van der Waals surface area contributed by atoms with Gasteiger partial charge in [-0.15, -0.1) is 0 Å². The molecular formula is C7H5O. The Labute approximate surface area is 47.9 Å². The Morgan fingerprint density at radius 3 is 3.00 bits per heavy atom. The third-order valence-electron chi connectivity index (χ3n) is 1.19. The van der Waals surface area contributed by atoms with Crippen molar-refractivity contribution in [1.29, 1.82) is 0 Å². The van der Waals surface area contributed by atoms with Crippen LogP contribution in [-0.2, 0) is 0 Å². The first kappa shape index (κ1) is 3.96. The van der Waals surface area contributed by atoms with Crippen LogP contribution in [-0.4, -0.2) is 0 Å². The monoisotopic (exact) mass is 105 g/mol. The second-order valence-electron chi connectivity index (χ2n) is 1.81. The molecule has 0 saturated carbocycles. The zero-order chi connectivity index (χ0) is 5.40. The number of rotatable bonds is 0. The summed E-state index contributed by atoms with van der Waals surface area (Å²) in [7, 11) is 0. The minimum atomic E-state index is 0.947. The third kappa shape index (κ3) is 0.413. The first-order valence-electron chi connectivity index (χ1n) is 2.55. The molecular weight excluding hydrogens is 100 g/mol. The molecule has 0 aliphatic carbocycles. The van der Waals surface area contributed by atoms with Crippen LogP contribution in [0.5, 0.6) is 5.75 Å². The number of ether oxygens (including phenoxy) is 1. The lowest BCUT2D eigenvalue weighted by Crippen LogP contribution is -1.76.